The largest absolute Gasteiger partial charge is 0.336 e. The van der Waals surface area contributed by atoms with E-state index in [-0.39, 0.29) is 24.1 Å². The Hall–Kier alpha value is -1.13. The maximum absolute atomic E-state index is 13.0. The van der Waals surface area contributed by atoms with E-state index in [4.69, 9.17) is 0 Å². The number of hydrogen-bond acceptors (Lipinski definition) is 2. The van der Waals surface area contributed by atoms with E-state index in [0.717, 1.165) is 6.54 Å². The fourth-order valence-corrected chi connectivity index (χ4v) is 1.92. The van der Waals surface area contributed by atoms with Gasteiger partial charge in [-0.3, -0.25) is 4.79 Å². The molecule has 0 aromatic heterocycles. The van der Waals surface area contributed by atoms with Gasteiger partial charge in [-0.15, -0.1) is 12.4 Å². The molecule has 1 fully saturated rings. The van der Waals surface area contributed by atoms with Gasteiger partial charge in [-0.1, -0.05) is 6.07 Å². The lowest BCUT2D eigenvalue weighted by Gasteiger charge is -2.31. The van der Waals surface area contributed by atoms with E-state index < -0.39 is 0 Å². The van der Waals surface area contributed by atoms with Gasteiger partial charge in [0.25, 0.3) is 5.91 Å². The monoisotopic (exact) mass is 258 g/mol. The highest BCUT2D eigenvalue weighted by molar-refractivity contribution is 5.94. The second kappa shape index (κ2) is 5.98. The number of carbonyl (C=O) groups is 1. The van der Waals surface area contributed by atoms with Crippen LogP contribution in [-0.4, -0.2) is 36.5 Å². The first-order valence-corrected chi connectivity index (χ1v) is 5.45. The van der Waals surface area contributed by atoms with Crippen LogP contribution in [0.25, 0.3) is 0 Å². The Bertz CT molecular complexity index is 400. The minimum atomic E-state index is -0.367. The smallest absolute Gasteiger partial charge is 0.254 e. The highest BCUT2D eigenvalue weighted by Crippen LogP contribution is 2.09. The molecular weight excluding hydrogens is 243 g/mol. The van der Waals surface area contributed by atoms with Crippen LogP contribution in [0, 0.1) is 5.82 Å². The third-order valence-electron chi connectivity index (χ3n) is 2.73. The topological polar surface area (TPSA) is 32.3 Å². The van der Waals surface area contributed by atoms with Crippen molar-refractivity contribution >= 4 is 18.3 Å². The third-order valence-corrected chi connectivity index (χ3v) is 2.73. The molecule has 1 N–H and O–H groups in total. The molecule has 17 heavy (non-hydrogen) atoms. The summed E-state index contributed by atoms with van der Waals surface area (Å²) in [4.78, 5) is 13.8. The molecule has 1 aromatic carbocycles. The molecule has 5 heteroatoms. The molecule has 1 heterocycles. The highest BCUT2D eigenvalue weighted by Gasteiger charge is 2.21. The molecule has 0 saturated carbocycles. The summed E-state index contributed by atoms with van der Waals surface area (Å²) in [6, 6.07) is 6.14. The average Bonchev–Trinajstić information content (AvgIpc) is 2.28. The molecule has 0 aliphatic carbocycles. The Balaban J connectivity index is 0.00000144. The summed E-state index contributed by atoms with van der Waals surface area (Å²) < 4.78 is 13.0. The lowest BCUT2D eigenvalue weighted by Crippen LogP contribution is -2.51. The quantitative estimate of drug-likeness (QED) is 0.831. The van der Waals surface area contributed by atoms with Crippen LogP contribution in [0.5, 0.6) is 0 Å². The lowest BCUT2D eigenvalue weighted by atomic mass is 10.1. The normalized spacial score (nSPS) is 19.6. The van der Waals surface area contributed by atoms with E-state index in [1.54, 1.807) is 17.0 Å². The van der Waals surface area contributed by atoms with Crippen molar-refractivity contribution in [3.05, 3.63) is 35.6 Å². The van der Waals surface area contributed by atoms with Gasteiger partial charge in [-0.2, -0.15) is 0 Å². The zero-order valence-corrected chi connectivity index (χ0v) is 10.5. The maximum Gasteiger partial charge on any atom is 0.254 e. The van der Waals surface area contributed by atoms with Gasteiger partial charge in [0.2, 0.25) is 0 Å². The number of nitrogens with zero attached hydrogens (tertiary/aromatic N) is 1. The van der Waals surface area contributed by atoms with Crippen LogP contribution in [0.3, 0.4) is 0 Å². The van der Waals surface area contributed by atoms with Crippen molar-refractivity contribution in [1.82, 2.24) is 10.2 Å². The molecule has 2 rings (SSSR count). The van der Waals surface area contributed by atoms with E-state index in [9.17, 15) is 9.18 Å². The second-order valence-corrected chi connectivity index (χ2v) is 4.12. The number of carbonyl (C=O) groups excluding carboxylic acids is 1. The van der Waals surface area contributed by atoms with Crippen LogP contribution in [0.2, 0.25) is 0 Å². The summed E-state index contributed by atoms with van der Waals surface area (Å²) >= 11 is 0. The molecule has 0 radical (unpaired) electrons. The van der Waals surface area contributed by atoms with E-state index >= 15 is 0 Å². The molecule has 0 spiro atoms. The van der Waals surface area contributed by atoms with Crippen LogP contribution >= 0.6 is 12.4 Å². The minimum absolute atomic E-state index is 0. The standard InChI is InChI=1S/C12H15FN2O.ClH/c1-9-8-15(6-5-14-9)12(16)10-3-2-4-11(13)7-10;/h2-4,7,9,14H,5-6,8H2,1H3;1H/t9-;/m1./s1. The summed E-state index contributed by atoms with van der Waals surface area (Å²) in [6.07, 6.45) is 0. The van der Waals surface area contributed by atoms with Crippen molar-refractivity contribution in [2.75, 3.05) is 19.6 Å². The van der Waals surface area contributed by atoms with E-state index in [2.05, 4.69) is 5.32 Å². The molecule has 1 amide bonds. The van der Waals surface area contributed by atoms with Crippen LogP contribution in [0.4, 0.5) is 4.39 Å². The fraction of sp³-hybridized carbons (Fsp3) is 0.417. The zero-order valence-electron chi connectivity index (χ0n) is 9.65. The zero-order chi connectivity index (χ0) is 11.5. The minimum Gasteiger partial charge on any atom is -0.336 e. The summed E-state index contributed by atoms with van der Waals surface area (Å²) in [7, 11) is 0. The van der Waals surface area contributed by atoms with E-state index in [1.807, 2.05) is 6.92 Å². The van der Waals surface area contributed by atoms with Gasteiger partial charge in [0.1, 0.15) is 5.82 Å². The number of amides is 1. The summed E-state index contributed by atoms with van der Waals surface area (Å²) in [5.41, 5.74) is 0.425. The van der Waals surface area contributed by atoms with Gasteiger partial charge in [0.05, 0.1) is 0 Å². The molecule has 3 nitrogen and oxygen atoms in total. The highest BCUT2D eigenvalue weighted by atomic mass is 35.5. The SMILES string of the molecule is C[C@@H]1CN(C(=O)c2cccc(F)c2)CCN1.Cl. The molecule has 1 aromatic rings. The van der Waals surface area contributed by atoms with Crippen LogP contribution < -0.4 is 5.32 Å². The molecule has 1 aliphatic rings. The first-order chi connectivity index (χ1) is 7.66. The first kappa shape index (κ1) is 13.9. The fourth-order valence-electron chi connectivity index (χ4n) is 1.92. The van der Waals surface area contributed by atoms with Crippen LogP contribution in [0.15, 0.2) is 24.3 Å². The van der Waals surface area contributed by atoms with Crippen molar-refractivity contribution in [3.8, 4) is 0 Å². The summed E-state index contributed by atoms with van der Waals surface area (Å²) in [5, 5.41) is 3.26. The first-order valence-electron chi connectivity index (χ1n) is 5.45. The molecule has 94 valence electrons. The number of hydrogen-bond donors (Lipinski definition) is 1. The number of halogens is 2. The molecule has 1 saturated heterocycles. The van der Waals surface area contributed by atoms with Crippen molar-refractivity contribution in [3.63, 3.8) is 0 Å². The number of nitrogens with one attached hydrogen (secondary N) is 1. The Morgan fingerprint density at radius 2 is 2.29 bits per heavy atom. The van der Waals surface area contributed by atoms with E-state index in [0.29, 0.717) is 24.7 Å². The molecule has 1 atom stereocenters. The van der Waals surface area contributed by atoms with Gasteiger partial charge < -0.3 is 10.2 Å². The van der Waals surface area contributed by atoms with Gasteiger partial charge in [0.15, 0.2) is 0 Å². The molecule has 0 unspecified atom stereocenters. The average molecular weight is 259 g/mol. The Labute approximate surface area is 106 Å². The Kier molecular flexibility index (Phi) is 4.90. The van der Waals surface area contributed by atoms with Gasteiger partial charge in [-0.05, 0) is 25.1 Å². The van der Waals surface area contributed by atoms with Crippen molar-refractivity contribution in [2.45, 2.75) is 13.0 Å². The summed E-state index contributed by atoms with van der Waals surface area (Å²) in [6.45, 7) is 4.18. The predicted octanol–water partition coefficient (Wildman–Crippen LogP) is 1.68. The van der Waals surface area contributed by atoms with Crippen molar-refractivity contribution in [1.29, 1.82) is 0 Å². The van der Waals surface area contributed by atoms with Crippen molar-refractivity contribution < 1.29 is 9.18 Å². The second-order valence-electron chi connectivity index (χ2n) is 4.12. The predicted molar refractivity (Wildman–Crippen MR) is 67.0 cm³/mol. The van der Waals surface area contributed by atoms with Crippen LogP contribution in [0.1, 0.15) is 17.3 Å². The molecular formula is C12H16ClFN2O. The number of piperazine rings is 1. The van der Waals surface area contributed by atoms with Crippen molar-refractivity contribution in [2.24, 2.45) is 0 Å². The Morgan fingerprint density at radius 1 is 1.53 bits per heavy atom. The number of rotatable bonds is 1. The number of benzene rings is 1. The Morgan fingerprint density at radius 3 is 2.94 bits per heavy atom. The van der Waals surface area contributed by atoms with Gasteiger partial charge in [-0.25, -0.2) is 4.39 Å². The van der Waals surface area contributed by atoms with Gasteiger partial charge in [0, 0.05) is 31.2 Å². The van der Waals surface area contributed by atoms with E-state index in [1.165, 1.54) is 12.1 Å². The molecule has 1 aliphatic heterocycles. The van der Waals surface area contributed by atoms with Gasteiger partial charge >= 0.3 is 0 Å². The lowest BCUT2D eigenvalue weighted by molar-refractivity contribution is 0.0708. The third kappa shape index (κ3) is 3.41. The summed E-state index contributed by atoms with van der Waals surface area (Å²) in [5.74, 6) is -0.457. The maximum atomic E-state index is 13.0. The van der Waals surface area contributed by atoms with Crippen LogP contribution in [-0.2, 0) is 0 Å². The molecule has 0 bridgehead atoms.